The minimum absolute atomic E-state index is 0.132. The van der Waals surface area contributed by atoms with Gasteiger partial charge in [0.25, 0.3) is 0 Å². The Morgan fingerprint density at radius 1 is 1.39 bits per heavy atom. The molecule has 1 aliphatic heterocycles. The van der Waals surface area contributed by atoms with E-state index >= 15 is 0 Å². The van der Waals surface area contributed by atoms with E-state index in [9.17, 15) is 8.42 Å². The van der Waals surface area contributed by atoms with E-state index in [1.165, 1.54) is 12.7 Å². The predicted octanol–water partition coefficient (Wildman–Crippen LogP) is 1.75. The first-order valence-corrected chi connectivity index (χ1v) is 8.98. The van der Waals surface area contributed by atoms with Gasteiger partial charge in [-0.1, -0.05) is 6.92 Å². The fraction of sp³-hybridized carbons (Fsp3) is 1.00. The molecule has 1 aliphatic rings. The van der Waals surface area contributed by atoms with Crippen molar-refractivity contribution in [2.75, 3.05) is 25.2 Å². The van der Waals surface area contributed by atoms with Gasteiger partial charge in [-0.2, -0.15) is 0 Å². The SMILES string of the molecule is CCCNC(CCS(C)(=O)=O)C1(C)CCCCO1. The predicted molar refractivity (Wildman–Crippen MR) is 74.6 cm³/mol. The summed E-state index contributed by atoms with van der Waals surface area (Å²) in [7, 11) is -2.91. The van der Waals surface area contributed by atoms with Crippen LogP contribution in [0.1, 0.15) is 46.0 Å². The molecule has 1 heterocycles. The van der Waals surface area contributed by atoms with E-state index < -0.39 is 9.84 Å². The van der Waals surface area contributed by atoms with Crippen LogP contribution in [0.4, 0.5) is 0 Å². The number of sulfone groups is 1. The van der Waals surface area contributed by atoms with Crippen molar-refractivity contribution in [2.45, 2.75) is 57.6 Å². The molecule has 2 atom stereocenters. The highest BCUT2D eigenvalue weighted by molar-refractivity contribution is 7.90. The molecule has 1 N–H and O–H groups in total. The van der Waals surface area contributed by atoms with Gasteiger partial charge >= 0.3 is 0 Å². The molecule has 18 heavy (non-hydrogen) atoms. The van der Waals surface area contributed by atoms with Crippen molar-refractivity contribution in [2.24, 2.45) is 0 Å². The molecular formula is C13H27NO3S. The second-order valence-electron chi connectivity index (χ2n) is 5.54. The molecule has 5 heteroatoms. The van der Waals surface area contributed by atoms with Gasteiger partial charge in [0.15, 0.2) is 0 Å². The van der Waals surface area contributed by atoms with Crippen LogP contribution in [-0.4, -0.2) is 45.2 Å². The summed E-state index contributed by atoms with van der Waals surface area (Å²) in [5.74, 6) is 0.229. The average Bonchev–Trinajstić information content (AvgIpc) is 2.28. The van der Waals surface area contributed by atoms with Crippen molar-refractivity contribution in [3.05, 3.63) is 0 Å². The van der Waals surface area contributed by atoms with E-state index in [1.807, 2.05) is 0 Å². The molecule has 1 fully saturated rings. The zero-order chi connectivity index (χ0) is 13.6. The third-order valence-electron chi connectivity index (χ3n) is 3.65. The Hall–Kier alpha value is -0.130. The van der Waals surface area contributed by atoms with Gasteiger partial charge in [0, 0.05) is 18.9 Å². The third kappa shape index (κ3) is 5.24. The molecule has 0 radical (unpaired) electrons. The first-order chi connectivity index (χ1) is 8.37. The van der Waals surface area contributed by atoms with Gasteiger partial charge in [-0.25, -0.2) is 8.42 Å². The standard InChI is InChI=1S/C13H27NO3S/c1-4-9-14-12(7-11-18(3,15)16)13(2)8-5-6-10-17-13/h12,14H,4-11H2,1-3H3. The highest BCUT2D eigenvalue weighted by Crippen LogP contribution is 2.29. The normalized spacial score (nSPS) is 27.1. The van der Waals surface area contributed by atoms with Crippen LogP contribution >= 0.6 is 0 Å². The van der Waals surface area contributed by atoms with E-state index in [-0.39, 0.29) is 17.4 Å². The third-order valence-corrected chi connectivity index (χ3v) is 4.63. The van der Waals surface area contributed by atoms with Crippen LogP contribution in [0.25, 0.3) is 0 Å². The largest absolute Gasteiger partial charge is 0.374 e. The molecule has 4 nitrogen and oxygen atoms in total. The summed E-state index contributed by atoms with van der Waals surface area (Å²) in [4.78, 5) is 0. The molecule has 0 saturated carbocycles. The topological polar surface area (TPSA) is 55.4 Å². The molecule has 108 valence electrons. The van der Waals surface area contributed by atoms with Crippen LogP contribution in [0.15, 0.2) is 0 Å². The van der Waals surface area contributed by atoms with Gasteiger partial charge in [-0.3, -0.25) is 0 Å². The molecule has 1 rings (SSSR count). The monoisotopic (exact) mass is 277 g/mol. The summed E-state index contributed by atoms with van der Waals surface area (Å²) < 4.78 is 28.6. The number of hydrogen-bond donors (Lipinski definition) is 1. The van der Waals surface area contributed by atoms with Crippen LogP contribution in [0.5, 0.6) is 0 Å². The molecule has 0 amide bonds. The Labute approximate surface area is 111 Å². The lowest BCUT2D eigenvalue weighted by Gasteiger charge is -2.41. The molecule has 2 unspecified atom stereocenters. The van der Waals surface area contributed by atoms with Crippen molar-refractivity contribution >= 4 is 9.84 Å². The Bertz CT molecular complexity index is 334. The Balaban J connectivity index is 2.63. The number of nitrogens with one attached hydrogen (secondary N) is 1. The minimum Gasteiger partial charge on any atom is -0.374 e. The fourth-order valence-electron chi connectivity index (χ4n) is 2.50. The minimum atomic E-state index is -2.91. The summed E-state index contributed by atoms with van der Waals surface area (Å²) in [5.41, 5.74) is -0.210. The Kier molecular flexibility index (Phi) is 6.08. The summed E-state index contributed by atoms with van der Waals surface area (Å²) in [5, 5.41) is 3.46. The second kappa shape index (κ2) is 6.87. The van der Waals surface area contributed by atoms with Crippen LogP contribution in [0, 0.1) is 0 Å². The molecule has 1 saturated heterocycles. The Morgan fingerprint density at radius 2 is 2.11 bits per heavy atom. The summed E-state index contributed by atoms with van der Waals surface area (Å²) in [6.45, 7) is 5.93. The number of rotatable bonds is 7. The van der Waals surface area contributed by atoms with Crippen molar-refractivity contribution in [1.82, 2.24) is 5.32 Å². The smallest absolute Gasteiger partial charge is 0.147 e. The van der Waals surface area contributed by atoms with Gasteiger partial charge in [0.2, 0.25) is 0 Å². The molecule has 0 aromatic heterocycles. The molecule has 0 aliphatic carbocycles. The van der Waals surface area contributed by atoms with E-state index in [0.29, 0.717) is 6.42 Å². The van der Waals surface area contributed by atoms with Gasteiger partial charge in [-0.05, 0) is 45.6 Å². The fourth-order valence-corrected chi connectivity index (χ4v) is 3.17. The number of ether oxygens (including phenoxy) is 1. The average molecular weight is 277 g/mol. The summed E-state index contributed by atoms with van der Waals surface area (Å²) in [6.07, 6.45) is 6.27. The van der Waals surface area contributed by atoms with E-state index in [1.54, 1.807) is 0 Å². The highest BCUT2D eigenvalue weighted by atomic mass is 32.2. The maximum atomic E-state index is 11.3. The molecular weight excluding hydrogens is 250 g/mol. The van der Waals surface area contributed by atoms with Gasteiger partial charge in [0.1, 0.15) is 9.84 Å². The maximum Gasteiger partial charge on any atom is 0.147 e. The maximum absolute atomic E-state index is 11.3. The quantitative estimate of drug-likeness (QED) is 0.770. The molecule has 0 aromatic rings. The van der Waals surface area contributed by atoms with Crippen molar-refractivity contribution < 1.29 is 13.2 Å². The molecule has 0 aromatic carbocycles. The van der Waals surface area contributed by atoms with Crippen LogP contribution in [-0.2, 0) is 14.6 Å². The second-order valence-corrected chi connectivity index (χ2v) is 7.80. The lowest BCUT2D eigenvalue weighted by molar-refractivity contribution is -0.0889. The van der Waals surface area contributed by atoms with E-state index in [4.69, 9.17) is 4.74 Å². The number of hydrogen-bond acceptors (Lipinski definition) is 4. The Morgan fingerprint density at radius 3 is 2.61 bits per heavy atom. The van der Waals surface area contributed by atoms with Crippen molar-refractivity contribution in [3.8, 4) is 0 Å². The first-order valence-electron chi connectivity index (χ1n) is 6.92. The van der Waals surface area contributed by atoms with E-state index in [0.717, 1.165) is 32.4 Å². The summed E-state index contributed by atoms with van der Waals surface area (Å²) in [6, 6.07) is 0.132. The van der Waals surface area contributed by atoms with Gasteiger partial charge < -0.3 is 10.1 Å². The lowest BCUT2D eigenvalue weighted by atomic mass is 9.86. The zero-order valence-electron chi connectivity index (χ0n) is 11.9. The lowest BCUT2D eigenvalue weighted by Crippen LogP contribution is -2.53. The molecule has 0 spiro atoms. The highest BCUT2D eigenvalue weighted by Gasteiger charge is 2.36. The first kappa shape index (κ1) is 15.9. The molecule has 0 bridgehead atoms. The van der Waals surface area contributed by atoms with Crippen LogP contribution in [0.3, 0.4) is 0 Å². The van der Waals surface area contributed by atoms with Crippen molar-refractivity contribution in [3.63, 3.8) is 0 Å². The van der Waals surface area contributed by atoms with Gasteiger partial charge in [-0.15, -0.1) is 0 Å². The van der Waals surface area contributed by atoms with Crippen molar-refractivity contribution in [1.29, 1.82) is 0 Å². The van der Waals surface area contributed by atoms with E-state index in [2.05, 4.69) is 19.2 Å². The van der Waals surface area contributed by atoms with Gasteiger partial charge in [0.05, 0.1) is 11.4 Å². The zero-order valence-corrected chi connectivity index (χ0v) is 12.7. The summed E-state index contributed by atoms with van der Waals surface area (Å²) >= 11 is 0. The van der Waals surface area contributed by atoms with Crippen LogP contribution in [0.2, 0.25) is 0 Å². The van der Waals surface area contributed by atoms with Crippen LogP contribution < -0.4 is 5.32 Å².